The van der Waals surface area contributed by atoms with Gasteiger partial charge in [0.2, 0.25) is 5.91 Å². The standard InChI is InChI=1S/C11H16N2O2S/c1-8(9-2-5-15-6-3-9)10(14)13-11-12-4-7-16-11/h4,7-9H,2-3,5-6H2,1H3,(H,12,13,14). The lowest BCUT2D eigenvalue weighted by atomic mass is 9.87. The van der Waals surface area contributed by atoms with Crippen molar-refractivity contribution in [3.63, 3.8) is 0 Å². The Kier molecular flexibility index (Phi) is 3.90. The van der Waals surface area contributed by atoms with Crippen LogP contribution in [-0.2, 0) is 9.53 Å². The average molecular weight is 240 g/mol. The molecular formula is C11H16N2O2S. The number of carbonyl (C=O) groups excluding carboxylic acids is 1. The maximum absolute atomic E-state index is 11.9. The molecule has 0 aromatic carbocycles. The number of hydrogen-bond acceptors (Lipinski definition) is 4. The van der Waals surface area contributed by atoms with E-state index in [0.29, 0.717) is 11.0 Å². The number of hydrogen-bond donors (Lipinski definition) is 1. The van der Waals surface area contributed by atoms with Gasteiger partial charge in [0.1, 0.15) is 0 Å². The molecule has 1 atom stereocenters. The van der Waals surface area contributed by atoms with Crippen molar-refractivity contribution in [3.05, 3.63) is 11.6 Å². The van der Waals surface area contributed by atoms with E-state index in [9.17, 15) is 4.79 Å². The molecular weight excluding hydrogens is 224 g/mol. The summed E-state index contributed by atoms with van der Waals surface area (Å²) in [5, 5.41) is 5.39. The summed E-state index contributed by atoms with van der Waals surface area (Å²) in [6.07, 6.45) is 3.65. The molecule has 2 rings (SSSR count). The third-order valence-corrected chi connectivity index (χ3v) is 3.74. The third-order valence-electron chi connectivity index (χ3n) is 3.05. The van der Waals surface area contributed by atoms with Crippen LogP contribution in [-0.4, -0.2) is 24.1 Å². The SMILES string of the molecule is CC(C(=O)Nc1nccs1)C1CCOCC1. The van der Waals surface area contributed by atoms with Gasteiger partial charge in [-0.25, -0.2) is 4.98 Å². The van der Waals surface area contributed by atoms with E-state index in [4.69, 9.17) is 4.74 Å². The van der Waals surface area contributed by atoms with Crippen LogP contribution in [0.2, 0.25) is 0 Å². The molecule has 1 aromatic rings. The molecule has 16 heavy (non-hydrogen) atoms. The van der Waals surface area contributed by atoms with Gasteiger partial charge < -0.3 is 10.1 Å². The molecule has 5 heteroatoms. The molecule has 0 radical (unpaired) electrons. The van der Waals surface area contributed by atoms with Crippen LogP contribution in [0.25, 0.3) is 0 Å². The van der Waals surface area contributed by atoms with Crippen LogP contribution in [0.5, 0.6) is 0 Å². The first-order valence-corrected chi connectivity index (χ1v) is 6.43. The maximum Gasteiger partial charge on any atom is 0.229 e. The van der Waals surface area contributed by atoms with Crippen molar-refractivity contribution in [2.75, 3.05) is 18.5 Å². The molecule has 1 N–H and O–H groups in total. The Morgan fingerprint density at radius 1 is 1.62 bits per heavy atom. The molecule has 2 heterocycles. The monoisotopic (exact) mass is 240 g/mol. The van der Waals surface area contributed by atoms with E-state index in [1.165, 1.54) is 11.3 Å². The van der Waals surface area contributed by atoms with Crippen LogP contribution < -0.4 is 5.32 Å². The first-order valence-electron chi connectivity index (χ1n) is 5.55. The maximum atomic E-state index is 11.9. The predicted molar refractivity (Wildman–Crippen MR) is 63.5 cm³/mol. The van der Waals surface area contributed by atoms with Gasteiger partial charge in [0.15, 0.2) is 5.13 Å². The van der Waals surface area contributed by atoms with Crippen molar-refractivity contribution in [3.8, 4) is 0 Å². The summed E-state index contributed by atoms with van der Waals surface area (Å²) >= 11 is 1.45. The van der Waals surface area contributed by atoms with E-state index in [1.807, 2.05) is 12.3 Å². The zero-order chi connectivity index (χ0) is 11.4. The van der Waals surface area contributed by atoms with Crippen LogP contribution in [0, 0.1) is 11.8 Å². The van der Waals surface area contributed by atoms with Gasteiger partial charge in [0.25, 0.3) is 0 Å². The summed E-state index contributed by atoms with van der Waals surface area (Å²) < 4.78 is 5.29. The molecule has 0 bridgehead atoms. The number of rotatable bonds is 3. The molecule has 0 spiro atoms. The fourth-order valence-electron chi connectivity index (χ4n) is 1.93. The van der Waals surface area contributed by atoms with Crippen molar-refractivity contribution >= 4 is 22.4 Å². The quantitative estimate of drug-likeness (QED) is 0.880. The number of ether oxygens (including phenoxy) is 1. The second-order valence-electron chi connectivity index (χ2n) is 4.06. The van der Waals surface area contributed by atoms with E-state index >= 15 is 0 Å². The van der Waals surface area contributed by atoms with Gasteiger partial charge in [-0.1, -0.05) is 6.92 Å². The summed E-state index contributed by atoms with van der Waals surface area (Å²) in [6, 6.07) is 0. The first-order chi connectivity index (χ1) is 7.77. The Labute approximate surface area is 99.0 Å². The summed E-state index contributed by atoms with van der Waals surface area (Å²) in [7, 11) is 0. The van der Waals surface area contributed by atoms with Crippen molar-refractivity contribution in [1.82, 2.24) is 4.98 Å². The normalized spacial score (nSPS) is 19.3. The van der Waals surface area contributed by atoms with Crippen LogP contribution in [0.3, 0.4) is 0 Å². The Morgan fingerprint density at radius 3 is 3.00 bits per heavy atom. The number of amides is 1. The first kappa shape index (κ1) is 11.5. The Bertz CT molecular complexity index is 334. The molecule has 0 aliphatic carbocycles. The fourth-order valence-corrected chi connectivity index (χ4v) is 2.47. The van der Waals surface area contributed by atoms with Crippen molar-refractivity contribution in [1.29, 1.82) is 0 Å². The summed E-state index contributed by atoms with van der Waals surface area (Å²) in [5.41, 5.74) is 0. The summed E-state index contributed by atoms with van der Waals surface area (Å²) in [4.78, 5) is 16.0. The number of nitrogens with zero attached hydrogens (tertiary/aromatic N) is 1. The lowest BCUT2D eigenvalue weighted by molar-refractivity contribution is -0.122. The average Bonchev–Trinajstić information content (AvgIpc) is 2.82. The van der Waals surface area contributed by atoms with Gasteiger partial charge in [0, 0.05) is 30.7 Å². The van der Waals surface area contributed by atoms with Crippen LogP contribution in [0.4, 0.5) is 5.13 Å². The van der Waals surface area contributed by atoms with Crippen molar-refractivity contribution < 1.29 is 9.53 Å². The zero-order valence-corrected chi connectivity index (χ0v) is 10.1. The Morgan fingerprint density at radius 2 is 2.38 bits per heavy atom. The van der Waals surface area contributed by atoms with Gasteiger partial charge in [-0.15, -0.1) is 11.3 Å². The highest BCUT2D eigenvalue weighted by Crippen LogP contribution is 2.25. The van der Waals surface area contributed by atoms with E-state index in [0.717, 1.165) is 26.1 Å². The largest absolute Gasteiger partial charge is 0.381 e. The fraction of sp³-hybridized carbons (Fsp3) is 0.636. The van der Waals surface area contributed by atoms with Crippen molar-refractivity contribution in [2.45, 2.75) is 19.8 Å². The van der Waals surface area contributed by atoms with E-state index < -0.39 is 0 Å². The van der Waals surface area contributed by atoms with Gasteiger partial charge in [-0.05, 0) is 18.8 Å². The molecule has 1 saturated heterocycles. The molecule has 0 saturated carbocycles. The molecule has 1 fully saturated rings. The second-order valence-corrected chi connectivity index (χ2v) is 4.96. The summed E-state index contributed by atoms with van der Waals surface area (Å²) in [6.45, 7) is 3.54. The minimum absolute atomic E-state index is 0.0350. The van der Waals surface area contributed by atoms with Crippen LogP contribution >= 0.6 is 11.3 Å². The topological polar surface area (TPSA) is 51.2 Å². The van der Waals surface area contributed by atoms with Gasteiger partial charge in [-0.3, -0.25) is 4.79 Å². The van der Waals surface area contributed by atoms with E-state index in [1.54, 1.807) is 6.20 Å². The van der Waals surface area contributed by atoms with E-state index in [2.05, 4.69) is 10.3 Å². The number of nitrogens with one attached hydrogen (secondary N) is 1. The molecule has 1 aliphatic rings. The highest BCUT2D eigenvalue weighted by molar-refractivity contribution is 7.13. The minimum atomic E-state index is 0.0350. The lowest BCUT2D eigenvalue weighted by Gasteiger charge is -2.26. The van der Waals surface area contributed by atoms with Gasteiger partial charge in [0.05, 0.1) is 0 Å². The Hall–Kier alpha value is -0.940. The summed E-state index contributed by atoms with van der Waals surface area (Å²) in [5.74, 6) is 0.545. The Balaban J connectivity index is 1.88. The van der Waals surface area contributed by atoms with Crippen LogP contribution in [0.15, 0.2) is 11.6 Å². The van der Waals surface area contributed by atoms with Gasteiger partial charge >= 0.3 is 0 Å². The molecule has 1 amide bonds. The number of thiazole rings is 1. The highest BCUT2D eigenvalue weighted by atomic mass is 32.1. The van der Waals surface area contributed by atoms with Crippen LogP contribution in [0.1, 0.15) is 19.8 Å². The molecule has 4 nitrogen and oxygen atoms in total. The minimum Gasteiger partial charge on any atom is -0.381 e. The number of carbonyl (C=O) groups is 1. The zero-order valence-electron chi connectivity index (χ0n) is 9.31. The van der Waals surface area contributed by atoms with E-state index in [-0.39, 0.29) is 11.8 Å². The lowest BCUT2D eigenvalue weighted by Crippen LogP contribution is -2.30. The number of aromatic nitrogens is 1. The number of anilines is 1. The molecule has 1 unspecified atom stereocenters. The predicted octanol–water partition coefficient (Wildman–Crippen LogP) is 2.14. The smallest absolute Gasteiger partial charge is 0.229 e. The molecule has 1 aromatic heterocycles. The van der Waals surface area contributed by atoms with Gasteiger partial charge in [-0.2, -0.15) is 0 Å². The third kappa shape index (κ3) is 2.80. The van der Waals surface area contributed by atoms with Crippen molar-refractivity contribution in [2.24, 2.45) is 11.8 Å². The molecule has 1 aliphatic heterocycles. The highest BCUT2D eigenvalue weighted by Gasteiger charge is 2.26. The second kappa shape index (κ2) is 5.41. The molecule has 88 valence electrons.